The lowest BCUT2D eigenvalue weighted by molar-refractivity contribution is 0.102. The number of allylic oxidation sites excluding steroid dienone is 1. The molecule has 28 heavy (non-hydrogen) atoms. The maximum atomic E-state index is 13.2. The second kappa shape index (κ2) is 6.30. The van der Waals surface area contributed by atoms with E-state index in [0.717, 1.165) is 35.6 Å². The molecule has 0 fully saturated rings. The standard InChI is InChI=1S/C21H20N6O/c1-3-26(4-2)14-11-9-13(10-12-14)19-17-18(22-21-23-24-25-27(19)21)15-7-5-6-8-16(15)20(17)28/h5-12,19H,3-4H2,1-2H3,(H,22,23,25). The molecule has 1 aliphatic carbocycles. The van der Waals surface area contributed by atoms with Gasteiger partial charge in [-0.1, -0.05) is 41.5 Å². The molecule has 0 bridgehead atoms. The molecule has 140 valence electrons. The first-order valence-corrected chi connectivity index (χ1v) is 9.51. The predicted octanol–water partition coefficient (Wildman–Crippen LogP) is 3.14. The van der Waals surface area contributed by atoms with Gasteiger partial charge in [-0.25, -0.2) is 0 Å². The Morgan fingerprint density at radius 3 is 2.46 bits per heavy atom. The molecule has 0 saturated heterocycles. The molecule has 7 nitrogen and oxygen atoms in total. The summed E-state index contributed by atoms with van der Waals surface area (Å²) in [5.41, 5.74) is 5.26. The number of Topliss-reactive ketones (excluding diaryl/α,β-unsaturated/α-hetero) is 1. The van der Waals surface area contributed by atoms with Crippen molar-refractivity contribution in [1.82, 2.24) is 20.2 Å². The molecule has 3 aromatic rings. The summed E-state index contributed by atoms with van der Waals surface area (Å²) in [4.78, 5) is 15.5. The van der Waals surface area contributed by atoms with Gasteiger partial charge in [-0.05, 0) is 42.0 Å². The molecule has 2 heterocycles. The number of ketones is 1. The van der Waals surface area contributed by atoms with Crippen LogP contribution in [0.4, 0.5) is 11.6 Å². The maximum Gasteiger partial charge on any atom is 0.248 e. The smallest absolute Gasteiger partial charge is 0.248 e. The number of carbonyl (C=O) groups excluding carboxylic acids is 1. The van der Waals surface area contributed by atoms with Crippen LogP contribution in [-0.2, 0) is 0 Å². The number of nitrogens with one attached hydrogen (secondary N) is 1. The molecule has 0 radical (unpaired) electrons. The molecule has 2 aromatic carbocycles. The Balaban J connectivity index is 1.64. The number of nitrogens with zero attached hydrogens (tertiary/aromatic N) is 5. The van der Waals surface area contributed by atoms with E-state index < -0.39 is 0 Å². The molecular weight excluding hydrogens is 352 g/mol. The topological polar surface area (TPSA) is 75.9 Å². The zero-order valence-electron chi connectivity index (χ0n) is 15.8. The summed E-state index contributed by atoms with van der Waals surface area (Å²) in [7, 11) is 0. The summed E-state index contributed by atoms with van der Waals surface area (Å²) < 4.78 is 1.69. The molecule has 0 spiro atoms. The van der Waals surface area contributed by atoms with Crippen molar-refractivity contribution in [3.05, 3.63) is 70.8 Å². The number of fused-ring (bicyclic) bond motifs is 3. The molecule has 1 N–H and O–H groups in total. The number of tetrazole rings is 1. The number of hydrogen-bond donors (Lipinski definition) is 1. The van der Waals surface area contributed by atoms with Gasteiger partial charge < -0.3 is 10.2 Å². The highest BCUT2D eigenvalue weighted by Gasteiger charge is 2.41. The van der Waals surface area contributed by atoms with Crippen LogP contribution in [0, 0.1) is 0 Å². The summed E-state index contributed by atoms with van der Waals surface area (Å²) in [5.74, 6) is 0.568. The van der Waals surface area contributed by atoms with Crippen LogP contribution in [0.1, 0.15) is 41.4 Å². The molecule has 0 saturated carbocycles. The van der Waals surface area contributed by atoms with E-state index in [0.29, 0.717) is 17.1 Å². The van der Waals surface area contributed by atoms with Crippen LogP contribution in [0.25, 0.3) is 5.70 Å². The van der Waals surface area contributed by atoms with Gasteiger partial charge in [0.25, 0.3) is 0 Å². The molecule has 2 aliphatic rings. The van der Waals surface area contributed by atoms with Crippen molar-refractivity contribution in [2.45, 2.75) is 19.9 Å². The summed E-state index contributed by atoms with van der Waals surface area (Å²) in [5, 5.41) is 15.3. The number of aromatic nitrogens is 4. The Morgan fingerprint density at radius 1 is 1.04 bits per heavy atom. The van der Waals surface area contributed by atoms with Crippen LogP contribution < -0.4 is 10.2 Å². The van der Waals surface area contributed by atoms with Crippen molar-refractivity contribution in [3.8, 4) is 0 Å². The lowest BCUT2D eigenvalue weighted by atomic mass is 9.94. The second-order valence-electron chi connectivity index (χ2n) is 6.90. The zero-order valence-corrected chi connectivity index (χ0v) is 15.8. The first kappa shape index (κ1) is 16.7. The Kier molecular flexibility index (Phi) is 3.75. The molecule has 0 amide bonds. The highest BCUT2D eigenvalue weighted by atomic mass is 16.1. The first-order chi connectivity index (χ1) is 13.7. The largest absolute Gasteiger partial charge is 0.372 e. The average Bonchev–Trinajstić information content (AvgIpc) is 3.32. The molecule has 1 unspecified atom stereocenters. The van der Waals surface area contributed by atoms with Crippen molar-refractivity contribution in [3.63, 3.8) is 0 Å². The van der Waals surface area contributed by atoms with E-state index in [1.807, 2.05) is 24.3 Å². The molecule has 7 heteroatoms. The van der Waals surface area contributed by atoms with Gasteiger partial charge in [-0.15, -0.1) is 0 Å². The van der Waals surface area contributed by atoms with Gasteiger partial charge in [0.1, 0.15) is 6.04 Å². The fourth-order valence-corrected chi connectivity index (χ4v) is 4.15. The number of benzene rings is 2. The fourth-order valence-electron chi connectivity index (χ4n) is 4.15. The highest BCUT2D eigenvalue weighted by Crippen LogP contribution is 2.44. The molecule has 1 aromatic heterocycles. The second-order valence-corrected chi connectivity index (χ2v) is 6.90. The van der Waals surface area contributed by atoms with Gasteiger partial charge in [0.15, 0.2) is 5.78 Å². The van der Waals surface area contributed by atoms with Crippen LogP contribution >= 0.6 is 0 Å². The summed E-state index contributed by atoms with van der Waals surface area (Å²) >= 11 is 0. The minimum atomic E-state index is -0.355. The number of hydrogen-bond acceptors (Lipinski definition) is 6. The predicted molar refractivity (Wildman–Crippen MR) is 107 cm³/mol. The number of rotatable bonds is 4. The van der Waals surface area contributed by atoms with Crippen molar-refractivity contribution >= 4 is 23.1 Å². The Bertz CT molecular complexity index is 1090. The van der Waals surface area contributed by atoms with E-state index in [-0.39, 0.29) is 11.8 Å². The fraction of sp³-hybridized carbons (Fsp3) is 0.238. The van der Waals surface area contributed by atoms with Crippen molar-refractivity contribution in [2.75, 3.05) is 23.3 Å². The lowest BCUT2D eigenvalue weighted by Crippen LogP contribution is -2.26. The van der Waals surface area contributed by atoms with E-state index in [9.17, 15) is 4.79 Å². The monoisotopic (exact) mass is 372 g/mol. The third-order valence-electron chi connectivity index (χ3n) is 5.54. The highest BCUT2D eigenvalue weighted by molar-refractivity contribution is 6.23. The van der Waals surface area contributed by atoms with Crippen LogP contribution in [0.5, 0.6) is 0 Å². The maximum absolute atomic E-state index is 13.2. The first-order valence-electron chi connectivity index (χ1n) is 9.51. The van der Waals surface area contributed by atoms with Crippen molar-refractivity contribution in [2.24, 2.45) is 0 Å². The quantitative estimate of drug-likeness (QED) is 0.758. The van der Waals surface area contributed by atoms with Crippen molar-refractivity contribution in [1.29, 1.82) is 0 Å². The normalized spacial score (nSPS) is 17.1. The summed E-state index contributed by atoms with van der Waals surface area (Å²) in [6.07, 6.45) is 0. The van der Waals surface area contributed by atoms with E-state index in [2.05, 4.69) is 63.9 Å². The van der Waals surface area contributed by atoms with Gasteiger partial charge in [0.2, 0.25) is 5.95 Å². The lowest BCUT2D eigenvalue weighted by Gasteiger charge is -2.27. The Morgan fingerprint density at radius 2 is 1.75 bits per heavy atom. The molecule has 1 aliphatic heterocycles. The van der Waals surface area contributed by atoms with Crippen LogP contribution in [0.2, 0.25) is 0 Å². The van der Waals surface area contributed by atoms with Gasteiger partial charge in [0.05, 0.1) is 11.3 Å². The van der Waals surface area contributed by atoms with Crippen LogP contribution in [-0.4, -0.2) is 39.1 Å². The van der Waals surface area contributed by atoms with Crippen LogP contribution in [0.3, 0.4) is 0 Å². The SMILES string of the molecule is CCN(CC)c1ccc(C2C3=C(Nc4nnnn42)c2ccccc2C3=O)cc1. The minimum absolute atomic E-state index is 0.0251. The summed E-state index contributed by atoms with van der Waals surface area (Å²) in [6.45, 7) is 6.18. The Labute approximate surface area is 162 Å². The summed E-state index contributed by atoms with van der Waals surface area (Å²) in [6, 6.07) is 15.6. The van der Waals surface area contributed by atoms with Gasteiger partial charge in [-0.3, -0.25) is 4.79 Å². The minimum Gasteiger partial charge on any atom is -0.372 e. The third-order valence-corrected chi connectivity index (χ3v) is 5.54. The van der Waals surface area contributed by atoms with E-state index in [1.54, 1.807) is 4.68 Å². The average molecular weight is 372 g/mol. The molecule has 1 atom stereocenters. The van der Waals surface area contributed by atoms with Crippen molar-refractivity contribution < 1.29 is 4.79 Å². The van der Waals surface area contributed by atoms with E-state index >= 15 is 0 Å². The number of anilines is 2. The van der Waals surface area contributed by atoms with E-state index in [1.165, 1.54) is 0 Å². The Hall–Kier alpha value is -3.48. The number of carbonyl (C=O) groups is 1. The molecule has 5 rings (SSSR count). The van der Waals surface area contributed by atoms with Gasteiger partial charge in [0, 0.05) is 29.9 Å². The van der Waals surface area contributed by atoms with Gasteiger partial charge in [-0.2, -0.15) is 4.68 Å². The van der Waals surface area contributed by atoms with Gasteiger partial charge >= 0.3 is 0 Å². The zero-order chi connectivity index (χ0) is 19.3. The molecular formula is C21H20N6O. The third kappa shape index (κ3) is 2.29. The van der Waals surface area contributed by atoms with E-state index in [4.69, 9.17) is 0 Å². The van der Waals surface area contributed by atoms with Crippen LogP contribution in [0.15, 0.2) is 54.1 Å².